The molecule has 0 unspecified atom stereocenters. The van der Waals surface area contributed by atoms with Gasteiger partial charge in [0, 0.05) is 13.1 Å². The highest BCUT2D eigenvalue weighted by molar-refractivity contribution is 7.89. The van der Waals surface area contributed by atoms with Crippen LogP contribution in [0.3, 0.4) is 0 Å². The van der Waals surface area contributed by atoms with Crippen molar-refractivity contribution >= 4 is 27.1 Å². The SMILES string of the molecule is C=CCN(CC=C)S(=O)(=O)c1ccc(/N=N/c2c(C(F)(F)F)c(N)c(=O)n(CCOCCO)c2O)cc1. The molecule has 1 aromatic carbocycles. The van der Waals surface area contributed by atoms with Crippen molar-refractivity contribution in [1.82, 2.24) is 8.87 Å². The summed E-state index contributed by atoms with van der Waals surface area (Å²) < 4.78 is 73.3. The van der Waals surface area contributed by atoms with Crippen molar-refractivity contribution in [3.63, 3.8) is 0 Å². The molecule has 37 heavy (non-hydrogen) atoms. The lowest BCUT2D eigenvalue weighted by atomic mass is 10.1. The summed E-state index contributed by atoms with van der Waals surface area (Å²) in [5, 5.41) is 26.3. The van der Waals surface area contributed by atoms with Gasteiger partial charge in [-0.15, -0.1) is 18.3 Å². The van der Waals surface area contributed by atoms with Crippen LogP contribution in [0.5, 0.6) is 5.88 Å². The van der Waals surface area contributed by atoms with Crippen LogP contribution in [0, 0.1) is 0 Å². The first kappa shape index (κ1) is 29.7. The van der Waals surface area contributed by atoms with Gasteiger partial charge in [-0.2, -0.15) is 22.6 Å². The molecule has 0 bridgehead atoms. The molecule has 0 atom stereocenters. The maximum atomic E-state index is 13.7. The molecule has 0 radical (unpaired) electrons. The molecule has 2 aromatic rings. The number of alkyl halides is 3. The van der Waals surface area contributed by atoms with Gasteiger partial charge in [0.15, 0.2) is 5.69 Å². The second kappa shape index (κ2) is 12.6. The van der Waals surface area contributed by atoms with E-state index in [9.17, 15) is 31.5 Å². The largest absolute Gasteiger partial charge is 0.493 e. The van der Waals surface area contributed by atoms with Crippen LogP contribution in [0.2, 0.25) is 0 Å². The molecule has 0 saturated carbocycles. The topological polar surface area (TPSA) is 160 Å². The lowest BCUT2D eigenvalue weighted by molar-refractivity contribution is -0.136. The Hall–Kier alpha value is -3.53. The first-order chi connectivity index (χ1) is 17.4. The van der Waals surface area contributed by atoms with Gasteiger partial charge in [-0.25, -0.2) is 8.42 Å². The Bertz CT molecular complexity index is 1300. The standard InChI is InChI=1S/C22H26F3N5O6S/c1-3-9-29(10-4-2)37(34,35)16-7-5-15(6-8-16)27-28-19-17(22(23,24)25)18(26)20(32)30(21(19)33)11-13-36-14-12-31/h3-8,31,33H,1-2,9-14,26H2/b28-27+. The van der Waals surface area contributed by atoms with Gasteiger partial charge >= 0.3 is 6.18 Å². The Morgan fingerprint density at radius 1 is 1.11 bits per heavy atom. The zero-order chi connectivity index (χ0) is 27.8. The van der Waals surface area contributed by atoms with Gasteiger partial charge in [0.05, 0.1) is 36.9 Å². The summed E-state index contributed by atoms with van der Waals surface area (Å²) >= 11 is 0. The molecular weight excluding hydrogens is 519 g/mol. The lowest BCUT2D eigenvalue weighted by Gasteiger charge is -2.19. The predicted octanol–water partition coefficient (Wildman–Crippen LogP) is 2.94. The van der Waals surface area contributed by atoms with E-state index in [1.807, 2.05) is 0 Å². The normalized spacial score (nSPS) is 12.4. The van der Waals surface area contributed by atoms with E-state index >= 15 is 0 Å². The third-order valence-electron chi connectivity index (χ3n) is 4.83. The van der Waals surface area contributed by atoms with Gasteiger partial charge in [0.25, 0.3) is 5.56 Å². The summed E-state index contributed by atoms with van der Waals surface area (Å²) in [6.07, 6.45) is -2.35. The molecule has 0 aliphatic carbocycles. The highest BCUT2D eigenvalue weighted by Gasteiger charge is 2.40. The van der Waals surface area contributed by atoms with E-state index in [1.165, 1.54) is 36.4 Å². The average Bonchev–Trinajstić information content (AvgIpc) is 2.84. The average molecular weight is 546 g/mol. The molecule has 2 rings (SSSR count). The van der Waals surface area contributed by atoms with Crippen LogP contribution in [0.1, 0.15) is 5.56 Å². The molecule has 1 aromatic heterocycles. The van der Waals surface area contributed by atoms with E-state index in [4.69, 9.17) is 15.6 Å². The third kappa shape index (κ3) is 7.03. The molecule has 4 N–H and O–H groups in total. The maximum absolute atomic E-state index is 13.7. The number of aliphatic hydroxyl groups excluding tert-OH is 1. The van der Waals surface area contributed by atoms with Gasteiger partial charge in [-0.3, -0.25) is 9.36 Å². The van der Waals surface area contributed by atoms with E-state index in [1.54, 1.807) is 0 Å². The van der Waals surface area contributed by atoms with Crippen LogP contribution in [0.4, 0.5) is 30.2 Å². The number of sulfonamides is 1. The van der Waals surface area contributed by atoms with Crippen molar-refractivity contribution in [2.24, 2.45) is 10.2 Å². The lowest BCUT2D eigenvalue weighted by Crippen LogP contribution is -2.31. The number of anilines is 1. The predicted molar refractivity (Wildman–Crippen MR) is 129 cm³/mol. The summed E-state index contributed by atoms with van der Waals surface area (Å²) in [5.41, 5.74) is 0.115. The Labute approximate surface area is 210 Å². The van der Waals surface area contributed by atoms with Crippen molar-refractivity contribution in [3.8, 4) is 5.88 Å². The zero-order valence-electron chi connectivity index (χ0n) is 19.6. The Morgan fingerprint density at radius 3 is 2.22 bits per heavy atom. The number of aromatic nitrogens is 1. The number of azo groups is 1. The number of rotatable bonds is 13. The quantitative estimate of drug-likeness (QED) is 0.198. The smallest absolute Gasteiger partial charge is 0.420 e. The van der Waals surface area contributed by atoms with E-state index in [0.717, 1.165) is 4.31 Å². The number of pyridine rings is 1. The molecule has 1 heterocycles. The summed E-state index contributed by atoms with van der Waals surface area (Å²) in [7, 11) is -3.92. The summed E-state index contributed by atoms with van der Waals surface area (Å²) in [4.78, 5) is 12.2. The van der Waals surface area contributed by atoms with E-state index in [2.05, 4.69) is 23.4 Å². The van der Waals surface area contributed by atoms with Gasteiger partial charge in [-0.1, -0.05) is 12.2 Å². The molecule has 15 heteroatoms. The van der Waals surface area contributed by atoms with E-state index < -0.39 is 44.6 Å². The fraction of sp³-hybridized carbons (Fsp3) is 0.318. The van der Waals surface area contributed by atoms with Gasteiger partial charge in [-0.05, 0) is 24.3 Å². The highest BCUT2D eigenvalue weighted by atomic mass is 32.2. The number of nitrogen functional groups attached to an aromatic ring is 1. The van der Waals surface area contributed by atoms with Gasteiger partial charge in [0.2, 0.25) is 15.9 Å². The number of hydrogen-bond donors (Lipinski definition) is 3. The fourth-order valence-corrected chi connectivity index (χ4v) is 4.51. The Kier molecular flexibility index (Phi) is 10.1. The maximum Gasteiger partial charge on any atom is 0.420 e. The van der Waals surface area contributed by atoms with Crippen LogP contribution in [0.15, 0.2) is 69.5 Å². The Balaban J connectivity index is 2.49. The summed E-state index contributed by atoms with van der Waals surface area (Å²) in [6, 6.07) is 4.76. The second-order valence-corrected chi connectivity index (χ2v) is 9.28. The number of halogens is 3. The number of aliphatic hydroxyl groups is 1. The monoisotopic (exact) mass is 545 g/mol. The number of nitrogens with zero attached hydrogens (tertiary/aromatic N) is 4. The number of ether oxygens (including phenoxy) is 1. The number of nitrogens with two attached hydrogens (primary N) is 1. The second-order valence-electron chi connectivity index (χ2n) is 7.34. The molecular formula is C22H26F3N5O6S. The number of hydrogen-bond acceptors (Lipinski definition) is 9. The molecule has 0 aliphatic rings. The van der Waals surface area contributed by atoms with Crippen LogP contribution in [-0.4, -0.2) is 60.4 Å². The van der Waals surface area contributed by atoms with Crippen molar-refractivity contribution in [3.05, 3.63) is 65.5 Å². The molecule has 202 valence electrons. The van der Waals surface area contributed by atoms with Gasteiger partial charge < -0.3 is 20.7 Å². The van der Waals surface area contributed by atoms with Crippen molar-refractivity contribution in [2.45, 2.75) is 17.6 Å². The summed E-state index contributed by atoms with van der Waals surface area (Å²) in [6.45, 7) is 6.06. The molecule has 11 nitrogen and oxygen atoms in total. The van der Waals surface area contributed by atoms with Crippen molar-refractivity contribution < 1.29 is 36.5 Å². The summed E-state index contributed by atoms with van der Waals surface area (Å²) in [5.74, 6) is -1.15. The minimum Gasteiger partial charge on any atom is -0.493 e. The van der Waals surface area contributed by atoms with Crippen LogP contribution in [0.25, 0.3) is 0 Å². The first-order valence-electron chi connectivity index (χ1n) is 10.6. The number of aromatic hydroxyl groups is 1. The van der Waals surface area contributed by atoms with E-state index in [-0.39, 0.29) is 50.0 Å². The van der Waals surface area contributed by atoms with Crippen LogP contribution < -0.4 is 11.3 Å². The molecule has 0 amide bonds. The van der Waals surface area contributed by atoms with Crippen molar-refractivity contribution in [2.75, 3.05) is 38.6 Å². The highest BCUT2D eigenvalue weighted by Crippen LogP contribution is 2.43. The van der Waals surface area contributed by atoms with E-state index in [0.29, 0.717) is 4.57 Å². The van der Waals surface area contributed by atoms with Crippen LogP contribution in [-0.2, 0) is 27.5 Å². The minimum atomic E-state index is -5.15. The molecule has 0 aliphatic heterocycles. The van der Waals surface area contributed by atoms with Gasteiger partial charge in [0.1, 0.15) is 11.3 Å². The zero-order valence-corrected chi connectivity index (χ0v) is 20.4. The molecule has 0 saturated heterocycles. The van der Waals surface area contributed by atoms with Crippen molar-refractivity contribution in [1.29, 1.82) is 0 Å². The minimum absolute atomic E-state index is 0.0253. The third-order valence-corrected chi connectivity index (χ3v) is 6.68. The van der Waals surface area contributed by atoms with Crippen LogP contribution >= 0.6 is 0 Å². The first-order valence-corrected chi connectivity index (χ1v) is 12.1. The Morgan fingerprint density at radius 2 is 1.70 bits per heavy atom. The molecule has 0 spiro atoms. The number of benzene rings is 1. The molecule has 0 fully saturated rings. The fourth-order valence-electron chi connectivity index (χ4n) is 3.13.